The molecule has 0 amide bonds. The third-order valence-corrected chi connectivity index (χ3v) is 5.97. The van der Waals surface area contributed by atoms with Gasteiger partial charge in [-0.2, -0.15) is 0 Å². The van der Waals surface area contributed by atoms with E-state index in [1.165, 1.54) is 51.9 Å². The van der Waals surface area contributed by atoms with Gasteiger partial charge in [-0.1, -0.05) is 0 Å². The summed E-state index contributed by atoms with van der Waals surface area (Å²) in [6.07, 6.45) is 6.40. The molecule has 0 atom stereocenters. The van der Waals surface area contributed by atoms with Gasteiger partial charge in [-0.15, -0.1) is 0 Å². The van der Waals surface area contributed by atoms with Crippen LogP contribution in [0.25, 0.3) is 0 Å². The molecule has 2 rings (SSSR count). The molecule has 2 aliphatic rings. The van der Waals surface area contributed by atoms with E-state index in [0.29, 0.717) is 18.1 Å². The second-order valence-electron chi connectivity index (χ2n) is 9.21. The maximum absolute atomic E-state index is 11.8. The zero-order valence-electron chi connectivity index (χ0n) is 16.6. The van der Waals surface area contributed by atoms with Gasteiger partial charge in [0.25, 0.3) is 0 Å². The predicted molar refractivity (Wildman–Crippen MR) is 99.1 cm³/mol. The van der Waals surface area contributed by atoms with Crippen molar-refractivity contribution in [2.24, 2.45) is 10.8 Å². The highest BCUT2D eigenvalue weighted by Crippen LogP contribution is 2.41. The molecular weight excluding hydrogens is 300 g/mol. The molecule has 0 aromatic rings. The maximum Gasteiger partial charge on any atom is 0.311 e. The van der Waals surface area contributed by atoms with Crippen LogP contribution in [0.3, 0.4) is 0 Å². The molecule has 0 N–H and O–H groups in total. The summed E-state index contributed by atoms with van der Waals surface area (Å²) in [5.41, 5.74) is 0.225. The van der Waals surface area contributed by atoms with Crippen molar-refractivity contribution in [2.45, 2.75) is 72.8 Å². The van der Waals surface area contributed by atoms with Crippen LogP contribution in [0.1, 0.15) is 66.7 Å². The van der Waals surface area contributed by atoms with Gasteiger partial charge >= 0.3 is 5.97 Å². The van der Waals surface area contributed by atoms with Crippen LogP contribution in [0.5, 0.6) is 0 Å². The van der Waals surface area contributed by atoms with Gasteiger partial charge in [0.15, 0.2) is 0 Å². The van der Waals surface area contributed by atoms with Gasteiger partial charge in [0.05, 0.1) is 12.0 Å². The van der Waals surface area contributed by atoms with Crippen LogP contribution < -0.4 is 0 Å². The van der Waals surface area contributed by atoms with Gasteiger partial charge in [-0.25, -0.2) is 0 Å². The van der Waals surface area contributed by atoms with Crippen molar-refractivity contribution in [1.29, 1.82) is 0 Å². The lowest BCUT2D eigenvalue weighted by atomic mass is 9.71. The fourth-order valence-electron chi connectivity index (χ4n) is 3.94. The lowest BCUT2D eigenvalue weighted by Crippen LogP contribution is -2.48. The number of esters is 1. The van der Waals surface area contributed by atoms with Gasteiger partial charge < -0.3 is 14.5 Å². The van der Waals surface area contributed by atoms with Crippen LogP contribution in [-0.4, -0.2) is 61.1 Å². The summed E-state index contributed by atoms with van der Waals surface area (Å²) in [6, 6.07) is 0.693. The Labute approximate surface area is 148 Å². The molecule has 2 aliphatic heterocycles. The number of likely N-dealkylation sites (tertiary alicyclic amines) is 2. The molecule has 0 unspecified atom stereocenters. The number of ether oxygens (including phenoxy) is 1. The van der Waals surface area contributed by atoms with Crippen LogP contribution in [0, 0.1) is 10.8 Å². The third-order valence-electron chi connectivity index (χ3n) is 5.97. The Morgan fingerprint density at radius 1 is 1.04 bits per heavy atom. The summed E-state index contributed by atoms with van der Waals surface area (Å²) < 4.78 is 5.37. The summed E-state index contributed by atoms with van der Waals surface area (Å²) in [7, 11) is 0. The predicted octanol–water partition coefficient (Wildman–Crippen LogP) is 3.55. The van der Waals surface area contributed by atoms with Gasteiger partial charge in [0.1, 0.15) is 0 Å². The number of rotatable bonds is 5. The lowest BCUT2D eigenvalue weighted by Gasteiger charge is -2.47. The normalized spacial score (nSPS) is 22.9. The average Bonchev–Trinajstić information content (AvgIpc) is 2.52. The highest BCUT2D eigenvalue weighted by molar-refractivity contribution is 5.75. The Bertz CT molecular complexity index is 396. The summed E-state index contributed by atoms with van der Waals surface area (Å²) in [5.74, 6) is -0.0861. The Hall–Kier alpha value is -0.610. The molecule has 0 aromatic carbocycles. The summed E-state index contributed by atoms with van der Waals surface area (Å²) in [5, 5.41) is 0. The lowest BCUT2D eigenvalue weighted by molar-refractivity contribution is -0.153. The van der Waals surface area contributed by atoms with E-state index in [0.717, 1.165) is 13.0 Å². The van der Waals surface area contributed by atoms with Crippen LogP contribution in [0.2, 0.25) is 0 Å². The standard InChI is InChI=1S/C20H38N2O2/c1-17(2)22-14-9-20(10-15-22)7-12-21(13-8-20)11-6-16-24-18(23)19(3,4)5/h17H,6-16H2,1-5H3. The van der Waals surface area contributed by atoms with E-state index in [4.69, 9.17) is 4.74 Å². The fourth-order valence-corrected chi connectivity index (χ4v) is 3.94. The molecule has 0 saturated carbocycles. The van der Waals surface area contributed by atoms with Crippen LogP contribution >= 0.6 is 0 Å². The van der Waals surface area contributed by atoms with Crippen LogP contribution in [-0.2, 0) is 9.53 Å². The molecule has 2 saturated heterocycles. The quantitative estimate of drug-likeness (QED) is 0.567. The molecule has 2 heterocycles. The molecule has 1 spiro atoms. The topological polar surface area (TPSA) is 32.8 Å². The van der Waals surface area contributed by atoms with Gasteiger partial charge in [0, 0.05) is 12.6 Å². The minimum absolute atomic E-state index is 0.0861. The molecule has 0 bridgehead atoms. The van der Waals surface area contributed by atoms with E-state index in [-0.39, 0.29) is 11.4 Å². The van der Waals surface area contributed by atoms with Crippen LogP contribution in [0.4, 0.5) is 0 Å². The zero-order chi connectivity index (χ0) is 17.8. The van der Waals surface area contributed by atoms with Crippen LogP contribution in [0.15, 0.2) is 0 Å². The van der Waals surface area contributed by atoms with Crippen molar-refractivity contribution in [1.82, 2.24) is 9.80 Å². The Kier molecular flexibility index (Phi) is 6.72. The SMILES string of the molecule is CC(C)N1CCC2(CCN(CCCOC(=O)C(C)(C)C)CC2)CC1. The number of piperidine rings is 2. The summed E-state index contributed by atoms with van der Waals surface area (Å²) in [6.45, 7) is 17.0. The molecule has 4 nitrogen and oxygen atoms in total. The van der Waals surface area contributed by atoms with Crippen molar-refractivity contribution in [3.63, 3.8) is 0 Å². The second-order valence-corrected chi connectivity index (χ2v) is 9.21. The zero-order valence-corrected chi connectivity index (χ0v) is 16.6. The maximum atomic E-state index is 11.8. The molecule has 4 heteroatoms. The Morgan fingerprint density at radius 2 is 1.58 bits per heavy atom. The Balaban J connectivity index is 1.62. The van der Waals surface area contributed by atoms with E-state index in [9.17, 15) is 4.79 Å². The summed E-state index contributed by atoms with van der Waals surface area (Å²) >= 11 is 0. The van der Waals surface area contributed by atoms with Crippen molar-refractivity contribution in [3.8, 4) is 0 Å². The fraction of sp³-hybridized carbons (Fsp3) is 0.950. The van der Waals surface area contributed by atoms with Crippen molar-refractivity contribution >= 4 is 5.97 Å². The molecule has 0 aliphatic carbocycles. The highest BCUT2D eigenvalue weighted by atomic mass is 16.5. The molecule has 0 radical (unpaired) electrons. The van der Waals surface area contributed by atoms with E-state index >= 15 is 0 Å². The highest BCUT2D eigenvalue weighted by Gasteiger charge is 2.37. The molecule has 0 aromatic heterocycles. The molecule has 140 valence electrons. The van der Waals surface area contributed by atoms with Crippen molar-refractivity contribution in [2.75, 3.05) is 39.3 Å². The second kappa shape index (κ2) is 8.18. The number of carbonyl (C=O) groups excluding carboxylic acids is 1. The summed E-state index contributed by atoms with van der Waals surface area (Å²) in [4.78, 5) is 16.9. The molecule has 24 heavy (non-hydrogen) atoms. The third kappa shape index (κ3) is 5.45. The number of hydrogen-bond donors (Lipinski definition) is 0. The molecule has 2 fully saturated rings. The van der Waals surface area contributed by atoms with E-state index in [1.807, 2.05) is 20.8 Å². The van der Waals surface area contributed by atoms with Gasteiger partial charge in [-0.3, -0.25) is 4.79 Å². The van der Waals surface area contributed by atoms with E-state index < -0.39 is 0 Å². The minimum Gasteiger partial charge on any atom is -0.465 e. The number of hydrogen-bond acceptors (Lipinski definition) is 4. The monoisotopic (exact) mass is 338 g/mol. The average molecular weight is 339 g/mol. The van der Waals surface area contributed by atoms with E-state index in [2.05, 4.69) is 23.6 Å². The van der Waals surface area contributed by atoms with Crippen molar-refractivity contribution < 1.29 is 9.53 Å². The first-order chi connectivity index (χ1) is 11.2. The number of nitrogens with zero attached hydrogens (tertiary/aromatic N) is 2. The van der Waals surface area contributed by atoms with E-state index in [1.54, 1.807) is 0 Å². The smallest absolute Gasteiger partial charge is 0.311 e. The van der Waals surface area contributed by atoms with Crippen molar-refractivity contribution in [3.05, 3.63) is 0 Å². The Morgan fingerprint density at radius 3 is 2.08 bits per heavy atom. The number of carbonyl (C=O) groups is 1. The van der Waals surface area contributed by atoms with Gasteiger partial charge in [-0.05, 0) is 98.3 Å². The first-order valence-corrected chi connectivity index (χ1v) is 9.86. The largest absolute Gasteiger partial charge is 0.465 e. The molecular formula is C20H38N2O2. The first-order valence-electron chi connectivity index (χ1n) is 9.86. The minimum atomic E-state index is -0.387. The van der Waals surface area contributed by atoms with Gasteiger partial charge in [0.2, 0.25) is 0 Å². The first kappa shape index (κ1) is 19.7.